The summed E-state index contributed by atoms with van der Waals surface area (Å²) < 4.78 is 0. The van der Waals surface area contributed by atoms with E-state index in [0.717, 1.165) is 24.7 Å². The molecule has 0 amide bonds. The van der Waals surface area contributed by atoms with Gasteiger partial charge in [-0.05, 0) is 79.4 Å². The molecular formula is C23H31NO. The first-order valence-corrected chi connectivity index (χ1v) is 10.3. The van der Waals surface area contributed by atoms with Crippen LogP contribution in [0.4, 0.5) is 0 Å². The van der Waals surface area contributed by atoms with Gasteiger partial charge in [-0.1, -0.05) is 20.8 Å². The van der Waals surface area contributed by atoms with Crippen molar-refractivity contribution in [3.8, 4) is 18.4 Å². The second kappa shape index (κ2) is 5.61. The van der Waals surface area contributed by atoms with E-state index in [1.165, 1.54) is 32.1 Å². The third-order valence-electron chi connectivity index (χ3n) is 9.34. The van der Waals surface area contributed by atoms with Crippen LogP contribution in [0.15, 0.2) is 0 Å². The van der Waals surface area contributed by atoms with Gasteiger partial charge in [0.15, 0.2) is 5.78 Å². The van der Waals surface area contributed by atoms with Crippen molar-refractivity contribution in [1.29, 1.82) is 5.26 Å². The summed E-state index contributed by atoms with van der Waals surface area (Å²) in [5.41, 5.74) is 0.482. The van der Waals surface area contributed by atoms with Crippen molar-refractivity contribution in [2.75, 3.05) is 0 Å². The van der Waals surface area contributed by atoms with Crippen molar-refractivity contribution in [3.05, 3.63) is 0 Å². The lowest BCUT2D eigenvalue weighted by molar-refractivity contribution is -0.154. The lowest BCUT2D eigenvalue weighted by Crippen LogP contribution is -2.57. The molecule has 134 valence electrons. The number of ketones is 1. The van der Waals surface area contributed by atoms with Crippen molar-refractivity contribution in [3.63, 3.8) is 0 Å². The zero-order valence-electron chi connectivity index (χ0n) is 15.9. The quantitative estimate of drug-likeness (QED) is 0.593. The number of Topliss-reactive ketones (excluding diaryl/α,β-unsaturated/α-hetero) is 1. The van der Waals surface area contributed by atoms with E-state index < -0.39 is 0 Å². The molecule has 0 spiro atoms. The Labute approximate surface area is 152 Å². The SMILES string of the molecule is C#C[C@@H]1CC[C@H]2[C@@H]3CCC4C(C)C(=O)[C@H](C#N)C[C@]4(C)[C@H]3CC[C@]12C. The Hall–Kier alpha value is -1.28. The first-order valence-electron chi connectivity index (χ1n) is 10.3. The number of rotatable bonds is 0. The van der Waals surface area contributed by atoms with Gasteiger partial charge in [0, 0.05) is 11.8 Å². The third-order valence-corrected chi connectivity index (χ3v) is 9.34. The molecule has 2 unspecified atom stereocenters. The van der Waals surface area contributed by atoms with E-state index in [0.29, 0.717) is 23.2 Å². The lowest BCUT2D eigenvalue weighted by Gasteiger charge is -2.61. The van der Waals surface area contributed by atoms with Gasteiger partial charge in [0.2, 0.25) is 0 Å². The molecule has 0 radical (unpaired) electrons. The number of hydrogen-bond donors (Lipinski definition) is 0. The number of hydrogen-bond acceptors (Lipinski definition) is 2. The minimum atomic E-state index is -0.384. The van der Waals surface area contributed by atoms with Gasteiger partial charge < -0.3 is 0 Å². The molecule has 2 nitrogen and oxygen atoms in total. The second-order valence-electron chi connectivity index (χ2n) is 9.98. The number of carbonyl (C=O) groups excluding carboxylic acids is 1. The molecule has 4 rings (SSSR count). The van der Waals surface area contributed by atoms with Gasteiger partial charge in [-0.2, -0.15) is 5.26 Å². The summed E-state index contributed by atoms with van der Waals surface area (Å²) in [4.78, 5) is 12.6. The summed E-state index contributed by atoms with van der Waals surface area (Å²) in [6.07, 6.45) is 14.0. The normalized spacial score (nSPS) is 54.6. The summed E-state index contributed by atoms with van der Waals surface area (Å²) in [6, 6.07) is 2.33. The van der Waals surface area contributed by atoms with Crippen LogP contribution in [0.25, 0.3) is 0 Å². The minimum Gasteiger partial charge on any atom is -0.298 e. The molecule has 4 aliphatic carbocycles. The molecule has 0 aromatic carbocycles. The zero-order valence-corrected chi connectivity index (χ0v) is 15.9. The average Bonchev–Trinajstić information content (AvgIpc) is 2.94. The van der Waals surface area contributed by atoms with E-state index in [2.05, 4.69) is 32.8 Å². The largest absolute Gasteiger partial charge is 0.298 e. The van der Waals surface area contributed by atoms with E-state index in [4.69, 9.17) is 6.42 Å². The molecule has 0 heterocycles. The monoisotopic (exact) mass is 337 g/mol. The summed E-state index contributed by atoms with van der Waals surface area (Å²) in [5.74, 6) is 6.07. The number of nitrogens with zero attached hydrogens (tertiary/aromatic N) is 1. The Morgan fingerprint density at radius 3 is 2.40 bits per heavy atom. The van der Waals surface area contributed by atoms with Crippen LogP contribution in [0.2, 0.25) is 0 Å². The molecule has 0 aliphatic heterocycles. The second-order valence-corrected chi connectivity index (χ2v) is 9.98. The molecule has 25 heavy (non-hydrogen) atoms. The molecule has 0 N–H and O–H groups in total. The standard InChI is InChI=1S/C23H31NO/c1-5-16-6-8-19-17-7-9-18-14(2)21(25)15(13-24)12-23(18,4)20(17)10-11-22(16,19)3/h1,14-20H,6-12H2,2-4H3/t14?,15-,16+,17-,18?,19-,20-,22+,23-/m0/s1. The van der Waals surface area contributed by atoms with Gasteiger partial charge in [0.1, 0.15) is 5.92 Å². The van der Waals surface area contributed by atoms with Gasteiger partial charge in [-0.3, -0.25) is 4.79 Å². The maximum absolute atomic E-state index is 12.6. The first kappa shape index (κ1) is 17.1. The van der Waals surface area contributed by atoms with Gasteiger partial charge in [-0.25, -0.2) is 0 Å². The van der Waals surface area contributed by atoms with Gasteiger partial charge >= 0.3 is 0 Å². The highest BCUT2D eigenvalue weighted by Gasteiger charge is 2.62. The van der Waals surface area contributed by atoms with E-state index >= 15 is 0 Å². The van der Waals surface area contributed by atoms with Gasteiger partial charge in [0.05, 0.1) is 6.07 Å². The molecule has 2 heteroatoms. The summed E-state index contributed by atoms with van der Waals surface area (Å²) in [7, 11) is 0. The summed E-state index contributed by atoms with van der Waals surface area (Å²) in [5, 5.41) is 9.54. The molecule has 0 aromatic rings. The Kier molecular flexibility index (Phi) is 3.85. The number of nitriles is 1. The molecule has 4 aliphatic rings. The Balaban J connectivity index is 1.68. The predicted octanol–water partition coefficient (Wildman–Crippen LogP) is 4.84. The topological polar surface area (TPSA) is 40.9 Å². The molecule has 4 fully saturated rings. The molecule has 0 aromatic heterocycles. The fraction of sp³-hybridized carbons (Fsp3) is 0.826. The van der Waals surface area contributed by atoms with Crippen LogP contribution in [0.5, 0.6) is 0 Å². The van der Waals surface area contributed by atoms with Gasteiger partial charge in [0.25, 0.3) is 0 Å². The van der Waals surface area contributed by atoms with Crippen LogP contribution in [0.3, 0.4) is 0 Å². The van der Waals surface area contributed by atoms with E-state index in [1.54, 1.807) is 0 Å². The zero-order chi connectivity index (χ0) is 18.0. The van der Waals surface area contributed by atoms with Crippen LogP contribution < -0.4 is 0 Å². The molecule has 9 atom stereocenters. The first-order chi connectivity index (χ1) is 11.9. The average molecular weight is 338 g/mol. The van der Waals surface area contributed by atoms with Crippen LogP contribution >= 0.6 is 0 Å². The Bertz CT molecular complexity index is 669. The Morgan fingerprint density at radius 1 is 1.04 bits per heavy atom. The van der Waals surface area contributed by atoms with Crippen LogP contribution in [0.1, 0.15) is 65.7 Å². The molecule has 0 saturated heterocycles. The minimum absolute atomic E-state index is 0.0553. The molecule has 4 saturated carbocycles. The highest BCUT2D eigenvalue weighted by Crippen LogP contribution is 2.68. The third kappa shape index (κ3) is 2.13. The Morgan fingerprint density at radius 2 is 1.72 bits per heavy atom. The predicted molar refractivity (Wildman–Crippen MR) is 98.1 cm³/mol. The fourth-order valence-corrected chi connectivity index (χ4v) is 8.05. The number of carbonyl (C=O) groups is 1. The van der Waals surface area contributed by atoms with Crippen LogP contribution in [-0.4, -0.2) is 5.78 Å². The fourth-order valence-electron chi connectivity index (χ4n) is 8.05. The smallest absolute Gasteiger partial charge is 0.153 e. The molecular weight excluding hydrogens is 306 g/mol. The van der Waals surface area contributed by atoms with Crippen molar-refractivity contribution in [1.82, 2.24) is 0 Å². The van der Waals surface area contributed by atoms with E-state index in [9.17, 15) is 10.1 Å². The van der Waals surface area contributed by atoms with Crippen molar-refractivity contribution in [2.24, 2.45) is 52.3 Å². The van der Waals surface area contributed by atoms with E-state index in [-0.39, 0.29) is 23.0 Å². The maximum atomic E-state index is 12.6. The van der Waals surface area contributed by atoms with Crippen molar-refractivity contribution in [2.45, 2.75) is 65.7 Å². The van der Waals surface area contributed by atoms with Crippen molar-refractivity contribution >= 4 is 5.78 Å². The van der Waals surface area contributed by atoms with Gasteiger partial charge in [-0.15, -0.1) is 12.3 Å². The maximum Gasteiger partial charge on any atom is 0.153 e. The highest BCUT2D eigenvalue weighted by atomic mass is 16.1. The lowest BCUT2D eigenvalue weighted by atomic mass is 9.42. The summed E-state index contributed by atoms with van der Waals surface area (Å²) in [6.45, 7) is 6.95. The van der Waals surface area contributed by atoms with E-state index in [1.807, 2.05) is 0 Å². The number of terminal acetylenes is 1. The van der Waals surface area contributed by atoms with Crippen LogP contribution in [-0.2, 0) is 4.79 Å². The highest BCUT2D eigenvalue weighted by molar-refractivity contribution is 5.86. The van der Waals surface area contributed by atoms with Crippen LogP contribution in [0, 0.1) is 75.9 Å². The number of fused-ring (bicyclic) bond motifs is 5. The van der Waals surface area contributed by atoms with Crippen molar-refractivity contribution < 1.29 is 4.79 Å². The summed E-state index contributed by atoms with van der Waals surface area (Å²) >= 11 is 0. The molecule has 0 bridgehead atoms.